The van der Waals surface area contributed by atoms with Crippen LogP contribution in [0.4, 0.5) is 4.79 Å². The fraction of sp³-hybridized carbons (Fsp3) is 0.500. The van der Waals surface area contributed by atoms with Gasteiger partial charge in [0.05, 0.1) is 16.3 Å². The minimum absolute atomic E-state index is 0.0555. The molecule has 0 saturated carbocycles. The van der Waals surface area contributed by atoms with Gasteiger partial charge in [-0.05, 0) is 41.9 Å². The van der Waals surface area contributed by atoms with E-state index in [9.17, 15) is 9.59 Å². The normalized spacial score (nSPS) is 11.7. The molecule has 0 aromatic carbocycles. The first kappa shape index (κ1) is 16.0. The van der Waals surface area contributed by atoms with E-state index in [1.165, 1.54) is 0 Å². The number of hydrogen-bond donors (Lipinski definition) is 2. The molecule has 5 nitrogen and oxygen atoms in total. The molecular weight excluding hydrogens is 332 g/mol. The van der Waals surface area contributed by atoms with E-state index in [4.69, 9.17) is 4.74 Å². The van der Waals surface area contributed by atoms with Gasteiger partial charge in [-0.15, -0.1) is 11.3 Å². The fourth-order valence-electron chi connectivity index (χ4n) is 1.38. The third-order valence-corrected chi connectivity index (χ3v) is 4.19. The first-order valence-corrected chi connectivity index (χ1v) is 7.59. The van der Waals surface area contributed by atoms with Crippen molar-refractivity contribution in [2.24, 2.45) is 0 Å². The standard InChI is InChI=1S/C12H17BrN2O3S/c1-3-18-12(17)15-7-6-14-11(16)8(2)9-4-5-10(13)19-9/h4-5,8H,3,6-7H2,1-2H3,(H,14,16)(H,15,17)/t8-/m1/s1. The van der Waals surface area contributed by atoms with Crippen molar-refractivity contribution in [1.29, 1.82) is 0 Å². The summed E-state index contributed by atoms with van der Waals surface area (Å²) in [6.45, 7) is 4.66. The van der Waals surface area contributed by atoms with Gasteiger partial charge in [0.1, 0.15) is 0 Å². The van der Waals surface area contributed by atoms with Crippen molar-refractivity contribution in [1.82, 2.24) is 10.6 Å². The molecule has 0 aliphatic carbocycles. The van der Waals surface area contributed by atoms with E-state index >= 15 is 0 Å². The molecule has 1 atom stereocenters. The van der Waals surface area contributed by atoms with Crippen molar-refractivity contribution in [2.45, 2.75) is 19.8 Å². The van der Waals surface area contributed by atoms with Crippen LogP contribution in [0.2, 0.25) is 0 Å². The maximum absolute atomic E-state index is 11.9. The van der Waals surface area contributed by atoms with Crippen molar-refractivity contribution < 1.29 is 14.3 Å². The maximum atomic E-state index is 11.9. The molecule has 0 unspecified atom stereocenters. The Balaban J connectivity index is 2.26. The lowest BCUT2D eigenvalue weighted by Crippen LogP contribution is -2.36. The van der Waals surface area contributed by atoms with Crippen LogP contribution in [0.15, 0.2) is 15.9 Å². The average molecular weight is 349 g/mol. The summed E-state index contributed by atoms with van der Waals surface area (Å²) < 4.78 is 5.71. The Labute approximate surface area is 124 Å². The van der Waals surface area contributed by atoms with E-state index in [0.717, 1.165) is 8.66 Å². The zero-order chi connectivity index (χ0) is 14.3. The number of rotatable bonds is 6. The molecule has 19 heavy (non-hydrogen) atoms. The Morgan fingerprint density at radius 2 is 2.05 bits per heavy atom. The zero-order valence-electron chi connectivity index (χ0n) is 10.9. The monoisotopic (exact) mass is 348 g/mol. The largest absolute Gasteiger partial charge is 0.450 e. The van der Waals surface area contributed by atoms with E-state index in [1.807, 2.05) is 19.1 Å². The Hall–Kier alpha value is -1.08. The van der Waals surface area contributed by atoms with Crippen molar-refractivity contribution in [3.05, 3.63) is 20.8 Å². The highest BCUT2D eigenvalue weighted by molar-refractivity contribution is 9.11. The number of thiophene rings is 1. The number of carbonyl (C=O) groups is 2. The van der Waals surface area contributed by atoms with Crippen LogP contribution in [0.5, 0.6) is 0 Å². The summed E-state index contributed by atoms with van der Waals surface area (Å²) >= 11 is 4.91. The van der Waals surface area contributed by atoms with E-state index in [-0.39, 0.29) is 11.8 Å². The molecule has 0 bridgehead atoms. The van der Waals surface area contributed by atoms with Crippen LogP contribution in [0, 0.1) is 0 Å². The maximum Gasteiger partial charge on any atom is 0.407 e. The molecule has 0 aliphatic heterocycles. The van der Waals surface area contributed by atoms with Gasteiger partial charge in [0.15, 0.2) is 0 Å². The summed E-state index contributed by atoms with van der Waals surface area (Å²) in [6.07, 6.45) is -0.466. The topological polar surface area (TPSA) is 67.4 Å². The molecule has 2 N–H and O–H groups in total. The molecule has 0 fully saturated rings. The lowest BCUT2D eigenvalue weighted by Gasteiger charge is -2.11. The average Bonchev–Trinajstić information content (AvgIpc) is 2.80. The SMILES string of the molecule is CCOC(=O)NCCNC(=O)[C@H](C)c1ccc(Br)s1. The first-order valence-electron chi connectivity index (χ1n) is 5.98. The number of alkyl carbamates (subject to hydrolysis) is 1. The molecule has 0 radical (unpaired) electrons. The van der Waals surface area contributed by atoms with Gasteiger partial charge in [-0.1, -0.05) is 0 Å². The Kier molecular flexibility index (Phi) is 6.86. The van der Waals surface area contributed by atoms with Gasteiger partial charge in [-0.3, -0.25) is 4.79 Å². The van der Waals surface area contributed by atoms with Gasteiger partial charge in [0.25, 0.3) is 0 Å². The highest BCUT2D eigenvalue weighted by atomic mass is 79.9. The first-order chi connectivity index (χ1) is 9.04. The van der Waals surface area contributed by atoms with Crippen LogP contribution in [0.1, 0.15) is 24.6 Å². The number of amides is 2. The van der Waals surface area contributed by atoms with Gasteiger partial charge in [0.2, 0.25) is 5.91 Å². The minimum atomic E-state index is -0.466. The highest BCUT2D eigenvalue weighted by Crippen LogP contribution is 2.28. The number of ether oxygens (including phenoxy) is 1. The lowest BCUT2D eigenvalue weighted by atomic mass is 10.1. The number of carbonyl (C=O) groups excluding carboxylic acids is 2. The van der Waals surface area contributed by atoms with E-state index in [0.29, 0.717) is 19.7 Å². The summed E-state index contributed by atoms with van der Waals surface area (Å²) in [6, 6.07) is 3.85. The van der Waals surface area contributed by atoms with Crippen molar-refractivity contribution in [3.63, 3.8) is 0 Å². The summed E-state index contributed by atoms with van der Waals surface area (Å²) in [5.74, 6) is -0.251. The van der Waals surface area contributed by atoms with Crippen LogP contribution < -0.4 is 10.6 Å². The van der Waals surface area contributed by atoms with Crippen molar-refractivity contribution in [2.75, 3.05) is 19.7 Å². The predicted molar refractivity (Wildman–Crippen MR) is 78.5 cm³/mol. The third kappa shape index (κ3) is 5.61. The number of nitrogens with one attached hydrogen (secondary N) is 2. The lowest BCUT2D eigenvalue weighted by molar-refractivity contribution is -0.122. The van der Waals surface area contributed by atoms with Crippen LogP contribution >= 0.6 is 27.3 Å². The molecule has 1 heterocycles. The molecule has 1 rings (SSSR count). The molecule has 0 spiro atoms. The molecular formula is C12H17BrN2O3S. The Bertz CT molecular complexity index is 436. The van der Waals surface area contributed by atoms with E-state index in [1.54, 1.807) is 18.3 Å². The molecule has 1 aromatic heterocycles. The minimum Gasteiger partial charge on any atom is -0.450 e. The second-order valence-electron chi connectivity index (χ2n) is 3.80. The van der Waals surface area contributed by atoms with Crippen molar-refractivity contribution >= 4 is 39.3 Å². The molecule has 106 valence electrons. The molecule has 1 aromatic rings. The number of hydrogen-bond acceptors (Lipinski definition) is 4. The smallest absolute Gasteiger partial charge is 0.407 e. The second kappa shape index (κ2) is 8.16. The van der Waals surface area contributed by atoms with Gasteiger partial charge in [-0.25, -0.2) is 4.79 Å². The predicted octanol–water partition coefficient (Wildman–Crippen LogP) is 2.48. The van der Waals surface area contributed by atoms with Crippen LogP contribution in [0.25, 0.3) is 0 Å². The number of halogens is 1. The Morgan fingerprint density at radius 3 is 2.63 bits per heavy atom. The van der Waals surface area contributed by atoms with Gasteiger partial charge in [-0.2, -0.15) is 0 Å². The molecule has 0 aliphatic rings. The molecule has 0 saturated heterocycles. The zero-order valence-corrected chi connectivity index (χ0v) is 13.3. The van der Waals surface area contributed by atoms with E-state index in [2.05, 4.69) is 26.6 Å². The van der Waals surface area contributed by atoms with Crippen molar-refractivity contribution in [3.8, 4) is 0 Å². The summed E-state index contributed by atoms with van der Waals surface area (Å²) in [7, 11) is 0. The summed E-state index contributed by atoms with van der Waals surface area (Å²) in [5.41, 5.74) is 0. The third-order valence-electron chi connectivity index (χ3n) is 2.38. The van der Waals surface area contributed by atoms with E-state index < -0.39 is 6.09 Å². The Morgan fingerprint density at radius 1 is 1.37 bits per heavy atom. The highest BCUT2D eigenvalue weighted by Gasteiger charge is 2.16. The van der Waals surface area contributed by atoms with Crippen LogP contribution in [-0.2, 0) is 9.53 Å². The summed E-state index contributed by atoms with van der Waals surface area (Å²) in [4.78, 5) is 23.9. The van der Waals surface area contributed by atoms with Gasteiger partial charge in [0, 0.05) is 18.0 Å². The van der Waals surface area contributed by atoms with Gasteiger partial charge >= 0.3 is 6.09 Å². The quantitative estimate of drug-likeness (QED) is 0.776. The van der Waals surface area contributed by atoms with Gasteiger partial charge < -0.3 is 15.4 Å². The fourth-order valence-corrected chi connectivity index (χ4v) is 2.85. The van der Waals surface area contributed by atoms with Crippen LogP contribution in [-0.4, -0.2) is 31.7 Å². The van der Waals surface area contributed by atoms with Crippen LogP contribution in [0.3, 0.4) is 0 Å². The summed E-state index contributed by atoms with van der Waals surface area (Å²) in [5, 5.41) is 5.31. The molecule has 7 heteroatoms. The molecule has 2 amide bonds. The second-order valence-corrected chi connectivity index (χ2v) is 6.30.